The molecule has 0 saturated heterocycles. The number of anilines is 2. The van der Waals surface area contributed by atoms with E-state index in [0.29, 0.717) is 0 Å². The van der Waals surface area contributed by atoms with Crippen molar-refractivity contribution < 1.29 is 18.3 Å². The Morgan fingerprint density at radius 1 is 1.19 bits per heavy atom. The first-order valence-corrected chi connectivity index (χ1v) is 7.57. The van der Waals surface area contributed by atoms with Gasteiger partial charge in [-0.25, -0.2) is 13.2 Å². The standard InChI is InChI=1S/C13H11ClN2O4S/c14-10-7-8(5-6-9(10)13(17)18)21(19,20)16-12-4-2-1-3-11(12)15/h1-7,16H,15H2,(H,17,18). The van der Waals surface area contributed by atoms with Crippen LogP contribution < -0.4 is 10.5 Å². The molecule has 0 aliphatic rings. The maximum absolute atomic E-state index is 12.2. The number of hydrogen-bond acceptors (Lipinski definition) is 4. The van der Waals surface area contributed by atoms with E-state index in [0.717, 1.165) is 18.2 Å². The smallest absolute Gasteiger partial charge is 0.337 e. The molecule has 0 radical (unpaired) electrons. The van der Waals surface area contributed by atoms with Crippen LogP contribution in [0.25, 0.3) is 0 Å². The number of rotatable bonds is 4. The van der Waals surface area contributed by atoms with Gasteiger partial charge < -0.3 is 10.8 Å². The zero-order chi connectivity index (χ0) is 15.6. The normalized spacial score (nSPS) is 11.1. The van der Waals surface area contributed by atoms with Crippen molar-refractivity contribution in [3.05, 3.63) is 53.1 Å². The van der Waals surface area contributed by atoms with E-state index in [4.69, 9.17) is 22.4 Å². The van der Waals surface area contributed by atoms with Gasteiger partial charge in [0.2, 0.25) is 0 Å². The van der Waals surface area contributed by atoms with Crippen molar-refractivity contribution in [3.63, 3.8) is 0 Å². The fourth-order valence-electron chi connectivity index (χ4n) is 1.63. The lowest BCUT2D eigenvalue weighted by Crippen LogP contribution is -2.14. The molecule has 110 valence electrons. The molecule has 0 aliphatic heterocycles. The van der Waals surface area contributed by atoms with Gasteiger partial charge in [-0.3, -0.25) is 4.72 Å². The number of aromatic carboxylic acids is 1. The van der Waals surface area contributed by atoms with Crippen LogP contribution in [-0.2, 0) is 10.0 Å². The molecule has 21 heavy (non-hydrogen) atoms. The van der Waals surface area contributed by atoms with Crippen molar-refractivity contribution in [2.45, 2.75) is 4.90 Å². The van der Waals surface area contributed by atoms with Gasteiger partial charge in [-0.15, -0.1) is 0 Å². The number of hydrogen-bond donors (Lipinski definition) is 3. The lowest BCUT2D eigenvalue weighted by molar-refractivity contribution is 0.0697. The fraction of sp³-hybridized carbons (Fsp3) is 0. The third-order valence-corrected chi connectivity index (χ3v) is 4.36. The second-order valence-corrected chi connectivity index (χ2v) is 6.23. The summed E-state index contributed by atoms with van der Waals surface area (Å²) in [5, 5.41) is 8.70. The quantitative estimate of drug-likeness (QED) is 0.747. The molecule has 0 amide bonds. The third kappa shape index (κ3) is 3.26. The summed E-state index contributed by atoms with van der Waals surface area (Å²) in [7, 11) is -3.91. The topological polar surface area (TPSA) is 109 Å². The number of carboxylic acid groups (broad SMARTS) is 1. The number of carbonyl (C=O) groups is 1. The minimum absolute atomic E-state index is 0.152. The number of benzene rings is 2. The molecule has 0 aliphatic carbocycles. The lowest BCUT2D eigenvalue weighted by Gasteiger charge is -2.10. The Bertz CT molecular complexity index is 806. The lowest BCUT2D eigenvalue weighted by atomic mass is 10.2. The number of halogens is 1. The Balaban J connectivity index is 2.39. The first-order valence-electron chi connectivity index (χ1n) is 5.71. The zero-order valence-electron chi connectivity index (χ0n) is 10.6. The summed E-state index contributed by atoms with van der Waals surface area (Å²) in [4.78, 5) is 10.7. The van der Waals surface area contributed by atoms with E-state index >= 15 is 0 Å². The number of para-hydroxylation sites is 2. The van der Waals surface area contributed by atoms with E-state index in [9.17, 15) is 13.2 Å². The van der Waals surface area contributed by atoms with Crippen molar-refractivity contribution >= 4 is 39.0 Å². The molecule has 0 unspecified atom stereocenters. The summed E-state index contributed by atoms with van der Waals surface area (Å²) in [5.41, 5.74) is 6.00. The molecule has 0 fully saturated rings. The van der Waals surface area contributed by atoms with E-state index in [1.165, 1.54) is 6.07 Å². The maximum Gasteiger partial charge on any atom is 0.337 e. The average Bonchev–Trinajstić information content (AvgIpc) is 2.40. The summed E-state index contributed by atoms with van der Waals surface area (Å²) >= 11 is 5.77. The molecular formula is C13H11ClN2O4S. The number of sulfonamides is 1. The highest BCUT2D eigenvalue weighted by Gasteiger charge is 2.18. The van der Waals surface area contributed by atoms with Gasteiger partial charge in [-0.2, -0.15) is 0 Å². The SMILES string of the molecule is Nc1ccccc1NS(=O)(=O)c1ccc(C(=O)O)c(Cl)c1. The molecule has 0 bridgehead atoms. The average molecular weight is 327 g/mol. The highest BCUT2D eigenvalue weighted by molar-refractivity contribution is 7.92. The van der Waals surface area contributed by atoms with E-state index in [1.54, 1.807) is 18.2 Å². The molecule has 6 nitrogen and oxygen atoms in total. The maximum atomic E-state index is 12.2. The molecule has 0 spiro atoms. The van der Waals surface area contributed by atoms with Crippen LogP contribution in [0.1, 0.15) is 10.4 Å². The van der Waals surface area contributed by atoms with Gasteiger partial charge in [-0.05, 0) is 30.3 Å². The Labute approximate surface area is 126 Å². The van der Waals surface area contributed by atoms with Gasteiger partial charge in [-0.1, -0.05) is 23.7 Å². The molecule has 0 atom stereocenters. The zero-order valence-corrected chi connectivity index (χ0v) is 12.1. The number of nitrogens with one attached hydrogen (secondary N) is 1. The van der Waals surface area contributed by atoms with Gasteiger partial charge in [0.1, 0.15) is 0 Å². The Morgan fingerprint density at radius 3 is 2.43 bits per heavy atom. The predicted molar refractivity (Wildman–Crippen MR) is 80.1 cm³/mol. The second kappa shape index (κ2) is 5.63. The van der Waals surface area contributed by atoms with Gasteiger partial charge >= 0.3 is 5.97 Å². The molecular weight excluding hydrogens is 316 g/mol. The largest absolute Gasteiger partial charge is 0.478 e. The number of carboxylic acids is 1. The van der Waals surface area contributed by atoms with Crippen LogP contribution in [0.3, 0.4) is 0 Å². The first kappa shape index (κ1) is 15.1. The summed E-state index contributed by atoms with van der Waals surface area (Å²) in [6.45, 7) is 0. The van der Waals surface area contributed by atoms with Crippen LogP contribution in [0.5, 0.6) is 0 Å². The van der Waals surface area contributed by atoms with Crippen LogP contribution >= 0.6 is 11.6 Å². The molecule has 2 aromatic carbocycles. The first-order chi connectivity index (χ1) is 9.81. The highest BCUT2D eigenvalue weighted by Crippen LogP contribution is 2.25. The van der Waals surface area contributed by atoms with Crippen molar-refractivity contribution in [2.75, 3.05) is 10.5 Å². The van der Waals surface area contributed by atoms with E-state index in [2.05, 4.69) is 4.72 Å². The minimum atomic E-state index is -3.91. The summed E-state index contributed by atoms with van der Waals surface area (Å²) < 4.78 is 26.7. The highest BCUT2D eigenvalue weighted by atomic mass is 35.5. The van der Waals surface area contributed by atoms with Crippen LogP contribution in [0.2, 0.25) is 5.02 Å². The summed E-state index contributed by atoms with van der Waals surface area (Å²) in [6, 6.07) is 9.75. The Morgan fingerprint density at radius 2 is 1.86 bits per heavy atom. The summed E-state index contributed by atoms with van der Waals surface area (Å²) in [5.74, 6) is -1.23. The summed E-state index contributed by atoms with van der Waals surface area (Å²) in [6.07, 6.45) is 0. The number of nitrogens with two attached hydrogens (primary N) is 1. The van der Waals surface area contributed by atoms with Crippen LogP contribution in [0, 0.1) is 0 Å². The Hall–Kier alpha value is -2.25. The van der Waals surface area contributed by atoms with Gasteiger partial charge in [0.25, 0.3) is 10.0 Å². The molecule has 2 aromatic rings. The molecule has 8 heteroatoms. The van der Waals surface area contributed by atoms with Crippen molar-refractivity contribution in [1.82, 2.24) is 0 Å². The van der Waals surface area contributed by atoms with Gasteiger partial charge in [0.05, 0.1) is 26.9 Å². The predicted octanol–water partition coefficient (Wildman–Crippen LogP) is 2.42. The molecule has 2 rings (SSSR count). The van der Waals surface area contributed by atoms with E-state index < -0.39 is 16.0 Å². The van der Waals surface area contributed by atoms with Gasteiger partial charge in [0, 0.05) is 0 Å². The minimum Gasteiger partial charge on any atom is -0.478 e. The van der Waals surface area contributed by atoms with Crippen molar-refractivity contribution in [2.24, 2.45) is 0 Å². The van der Waals surface area contributed by atoms with E-state index in [1.807, 2.05) is 0 Å². The fourth-order valence-corrected chi connectivity index (χ4v) is 3.07. The van der Waals surface area contributed by atoms with Crippen molar-refractivity contribution in [3.8, 4) is 0 Å². The monoisotopic (exact) mass is 326 g/mol. The molecule has 4 N–H and O–H groups in total. The Kier molecular flexibility index (Phi) is 4.06. The second-order valence-electron chi connectivity index (χ2n) is 4.14. The van der Waals surface area contributed by atoms with Gasteiger partial charge in [0.15, 0.2) is 0 Å². The van der Waals surface area contributed by atoms with Crippen molar-refractivity contribution in [1.29, 1.82) is 0 Å². The van der Waals surface area contributed by atoms with E-state index in [-0.39, 0.29) is 26.9 Å². The van der Waals surface area contributed by atoms with Crippen LogP contribution in [0.15, 0.2) is 47.4 Å². The number of nitrogen functional groups attached to an aromatic ring is 1. The van der Waals surface area contributed by atoms with Crippen LogP contribution in [0.4, 0.5) is 11.4 Å². The molecule has 0 aromatic heterocycles. The van der Waals surface area contributed by atoms with Crippen LogP contribution in [-0.4, -0.2) is 19.5 Å². The molecule has 0 saturated carbocycles. The third-order valence-electron chi connectivity index (χ3n) is 2.69. The molecule has 0 heterocycles.